The number of fused-ring (bicyclic) bond motifs is 1. The molecule has 1 fully saturated rings. The topological polar surface area (TPSA) is 26.0 Å². The van der Waals surface area contributed by atoms with Gasteiger partial charge in [-0.25, -0.2) is 4.98 Å². The first-order chi connectivity index (χ1) is 7.83. The standard InChI is InChI=1S/C13H14ClNO/c14-10(9-4-3-5-9)8-13-15-11-6-1-2-7-12(11)16-13/h1-2,6-7,9-10H,3-5,8H2. The molecule has 1 saturated carbocycles. The van der Waals surface area contributed by atoms with Crippen LogP contribution in [0.4, 0.5) is 0 Å². The van der Waals surface area contributed by atoms with Crippen LogP contribution in [0, 0.1) is 5.92 Å². The summed E-state index contributed by atoms with van der Waals surface area (Å²) in [4.78, 5) is 4.44. The van der Waals surface area contributed by atoms with Gasteiger partial charge in [-0.15, -0.1) is 11.6 Å². The van der Waals surface area contributed by atoms with E-state index in [2.05, 4.69) is 4.98 Å². The van der Waals surface area contributed by atoms with Crippen molar-refractivity contribution in [3.63, 3.8) is 0 Å². The quantitative estimate of drug-likeness (QED) is 0.757. The van der Waals surface area contributed by atoms with Crippen LogP contribution in [0.3, 0.4) is 0 Å². The van der Waals surface area contributed by atoms with Gasteiger partial charge in [0.2, 0.25) is 0 Å². The van der Waals surface area contributed by atoms with Crippen molar-refractivity contribution in [2.75, 3.05) is 0 Å². The third kappa shape index (κ3) is 1.82. The summed E-state index contributed by atoms with van der Waals surface area (Å²) in [6, 6.07) is 7.84. The maximum Gasteiger partial charge on any atom is 0.196 e. The lowest BCUT2D eigenvalue weighted by Crippen LogP contribution is -2.24. The lowest BCUT2D eigenvalue weighted by atomic mass is 9.82. The molecule has 3 rings (SSSR count). The molecule has 0 amide bonds. The molecule has 0 bridgehead atoms. The molecule has 1 aliphatic rings. The molecule has 1 atom stereocenters. The van der Waals surface area contributed by atoms with Crippen molar-refractivity contribution < 1.29 is 4.42 Å². The molecule has 0 radical (unpaired) electrons. The van der Waals surface area contributed by atoms with E-state index < -0.39 is 0 Å². The minimum absolute atomic E-state index is 0.182. The fourth-order valence-electron chi connectivity index (χ4n) is 2.14. The monoisotopic (exact) mass is 235 g/mol. The van der Waals surface area contributed by atoms with Crippen LogP contribution in [-0.2, 0) is 6.42 Å². The van der Waals surface area contributed by atoms with Crippen molar-refractivity contribution in [1.82, 2.24) is 4.98 Å². The van der Waals surface area contributed by atoms with Gasteiger partial charge in [-0.2, -0.15) is 0 Å². The Hall–Kier alpha value is -1.02. The van der Waals surface area contributed by atoms with Gasteiger partial charge in [-0.05, 0) is 30.9 Å². The summed E-state index contributed by atoms with van der Waals surface area (Å²) in [5.74, 6) is 1.43. The zero-order valence-corrected chi connectivity index (χ0v) is 9.78. The van der Waals surface area contributed by atoms with E-state index in [0.717, 1.165) is 23.4 Å². The van der Waals surface area contributed by atoms with E-state index in [0.29, 0.717) is 5.92 Å². The van der Waals surface area contributed by atoms with Crippen LogP contribution < -0.4 is 0 Å². The maximum absolute atomic E-state index is 6.34. The summed E-state index contributed by atoms with van der Waals surface area (Å²) in [5, 5.41) is 0.182. The molecular weight excluding hydrogens is 222 g/mol. The van der Waals surface area contributed by atoms with Gasteiger partial charge >= 0.3 is 0 Å². The molecule has 1 heterocycles. The Morgan fingerprint density at radius 2 is 2.19 bits per heavy atom. The molecule has 3 heteroatoms. The maximum atomic E-state index is 6.34. The molecular formula is C13H14ClNO. The first kappa shape index (κ1) is 10.2. The van der Waals surface area contributed by atoms with Crippen molar-refractivity contribution >= 4 is 22.7 Å². The Morgan fingerprint density at radius 3 is 2.88 bits per heavy atom. The van der Waals surface area contributed by atoms with Gasteiger partial charge in [-0.3, -0.25) is 0 Å². The van der Waals surface area contributed by atoms with E-state index in [9.17, 15) is 0 Å². The number of nitrogens with zero attached hydrogens (tertiary/aromatic N) is 1. The Morgan fingerprint density at radius 1 is 1.38 bits per heavy atom. The van der Waals surface area contributed by atoms with Crippen molar-refractivity contribution in [3.8, 4) is 0 Å². The largest absolute Gasteiger partial charge is 0.441 e. The first-order valence-corrected chi connectivity index (χ1v) is 6.25. The molecule has 16 heavy (non-hydrogen) atoms. The van der Waals surface area contributed by atoms with E-state index in [1.165, 1.54) is 19.3 Å². The molecule has 2 aromatic rings. The smallest absolute Gasteiger partial charge is 0.196 e. The third-order valence-corrected chi connectivity index (χ3v) is 3.88. The van der Waals surface area contributed by atoms with Gasteiger partial charge in [0, 0.05) is 11.8 Å². The second-order valence-corrected chi connectivity index (χ2v) is 5.05. The molecule has 1 unspecified atom stereocenters. The summed E-state index contributed by atoms with van der Waals surface area (Å²) in [6.45, 7) is 0. The van der Waals surface area contributed by atoms with Crippen LogP contribution in [0.5, 0.6) is 0 Å². The third-order valence-electron chi connectivity index (χ3n) is 3.37. The van der Waals surface area contributed by atoms with Crippen LogP contribution in [-0.4, -0.2) is 10.4 Å². The fourth-order valence-corrected chi connectivity index (χ4v) is 2.53. The van der Waals surface area contributed by atoms with E-state index >= 15 is 0 Å². The number of para-hydroxylation sites is 2. The summed E-state index contributed by atoms with van der Waals surface area (Å²) in [5.41, 5.74) is 1.78. The fraction of sp³-hybridized carbons (Fsp3) is 0.462. The van der Waals surface area contributed by atoms with Crippen LogP contribution >= 0.6 is 11.6 Å². The Bertz CT molecular complexity index is 456. The Kier molecular flexibility index (Phi) is 2.60. The average Bonchev–Trinajstić information content (AvgIpc) is 2.56. The number of rotatable bonds is 3. The van der Waals surface area contributed by atoms with Crippen LogP contribution in [0.25, 0.3) is 11.1 Å². The Balaban J connectivity index is 1.78. The Labute approximate surface area is 99.6 Å². The van der Waals surface area contributed by atoms with Crippen molar-refractivity contribution in [3.05, 3.63) is 30.2 Å². The summed E-state index contributed by atoms with van der Waals surface area (Å²) >= 11 is 6.34. The average molecular weight is 236 g/mol. The highest BCUT2D eigenvalue weighted by atomic mass is 35.5. The lowest BCUT2D eigenvalue weighted by molar-refractivity contribution is 0.294. The minimum Gasteiger partial charge on any atom is -0.441 e. The van der Waals surface area contributed by atoms with E-state index in [4.69, 9.17) is 16.0 Å². The van der Waals surface area contributed by atoms with Crippen LogP contribution in [0.15, 0.2) is 28.7 Å². The van der Waals surface area contributed by atoms with Crippen molar-refractivity contribution in [1.29, 1.82) is 0 Å². The molecule has 1 aromatic carbocycles. The molecule has 1 aromatic heterocycles. The first-order valence-electron chi connectivity index (χ1n) is 5.81. The van der Waals surface area contributed by atoms with Crippen molar-refractivity contribution in [2.24, 2.45) is 5.92 Å². The highest BCUT2D eigenvalue weighted by Crippen LogP contribution is 2.34. The van der Waals surface area contributed by atoms with Crippen LogP contribution in [0.1, 0.15) is 25.2 Å². The highest BCUT2D eigenvalue weighted by Gasteiger charge is 2.27. The van der Waals surface area contributed by atoms with E-state index in [1.54, 1.807) is 0 Å². The highest BCUT2D eigenvalue weighted by molar-refractivity contribution is 6.20. The number of alkyl halides is 1. The zero-order valence-electron chi connectivity index (χ0n) is 9.03. The summed E-state index contributed by atoms with van der Waals surface area (Å²) in [6.07, 6.45) is 4.59. The summed E-state index contributed by atoms with van der Waals surface area (Å²) in [7, 11) is 0. The second-order valence-electron chi connectivity index (χ2n) is 4.49. The normalized spacial score (nSPS) is 18.6. The molecule has 0 spiro atoms. The predicted molar refractivity (Wildman–Crippen MR) is 64.7 cm³/mol. The number of aromatic nitrogens is 1. The van der Waals surface area contributed by atoms with Gasteiger partial charge in [0.25, 0.3) is 0 Å². The molecule has 2 nitrogen and oxygen atoms in total. The van der Waals surface area contributed by atoms with E-state index in [1.807, 2.05) is 24.3 Å². The second kappa shape index (κ2) is 4.10. The van der Waals surface area contributed by atoms with Crippen molar-refractivity contribution in [2.45, 2.75) is 31.1 Å². The van der Waals surface area contributed by atoms with Gasteiger partial charge in [-0.1, -0.05) is 18.6 Å². The molecule has 84 valence electrons. The molecule has 0 aliphatic heterocycles. The van der Waals surface area contributed by atoms with Crippen LogP contribution in [0.2, 0.25) is 0 Å². The minimum atomic E-state index is 0.182. The number of oxazole rings is 1. The van der Waals surface area contributed by atoms with Gasteiger partial charge < -0.3 is 4.42 Å². The number of hydrogen-bond donors (Lipinski definition) is 0. The number of halogens is 1. The summed E-state index contributed by atoms with van der Waals surface area (Å²) < 4.78 is 5.66. The lowest BCUT2D eigenvalue weighted by Gasteiger charge is -2.29. The molecule has 0 N–H and O–H groups in total. The molecule has 0 saturated heterocycles. The van der Waals surface area contributed by atoms with Gasteiger partial charge in [0.15, 0.2) is 11.5 Å². The van der Waals surface area contributed by atoms with Gasteiger partial charge in [0.05, 0.1) is 0 Å². The van der Waals surface area contributed by atoms with E-state index in [-0.39, 0.29) is 5.38 Å². The number of hydrogen-bond acceptors (Lipinski definition) is 2. The predicted octanol–water partition coefficient (Wildman–Crippen LogP) is 3.78. The zero-order chi connectivity index (χ0) is 11.0. The number of benzene rings is 1. The van der Waals surface area contributed by atoms with Gasteiger partial charge in [0.1, 0.15) is 5.52 Å². The molecule has 1 aliphatic carbocycles. The SMILES string of the molecule is ClC(Cc1nc2ccccc2o1)C1CCC1.